The molecule has 18 heavy (non-hydrogen) atoms. The van der Waals surface area contributed by atoms with Gasteiger partial charge in [-0.1, -0.05) is 19.3 Å². The molecule has 0 amide bonds. The van der Waals surface area contributed by atoms with Crippen LogP contribution in [0.4, 0.5) is 5.95 Å². The van der Waals surface area contributed by atoms with Gasteiger partial charge in [-0.15, -0.1) is 0 Å². The van der Waals surface area contributed by atoms with Gasteiger partial charge in [0.1, 0.15) is 0 Å². The van der Waals surface area contributed by atoms with Crippen molar-refractivity contribution in [3.63, 3.8) is 0 Å². The normalized spacial score (nSPS) is 16.8. The van der Waals surface area contributed by atoms with E-state index in [1.165, 1.54) is 32.1 Å². The molecule has 4 nitrogen and oxygen atoms in total. The number of hydrogen-bond acceptors (Lipinski definition) is 4. The molecule has 0 spiro atoms. The highest BCUT2D eigenvalue weighted by atomic mass is 16.5. The van der Waals surface area contributed by atoms with Gasteiger partial charge < -0.3 is 10.1 Å². The lowest BCUT2D eigenvalue weighted by Crippen LogP contribution is -2.21. The molecule has 4 heteroatoms. The molecular weight excluding hydrogens is 226 g/mol. The summed E-state index contributed by atoms with van der Waals surface area (Å²) in [6, 6.07) is 1.98. The average molecular weight is 249 g/mol. The maximum atomic E-state index is 5.85. The Hall–Kier alpha value is -1.16. The van der Waals surface area contributed by atoms with Crippen LogP contribution >= 0.6 is 0 Å². The van der Waals surface area contributed by atoms with E-state index in [0.29, 0.717) is 12.1 Å². The third-order valence-electron chi connectivity index (χ3n) is 3.27. The summed E-state index contributed by atoms with van der Waals surface area (Å²) in [5.74, 6) is 0.708. The van der Waals surface area contributed by atoms with Crippen LogP contribution in [0.2, 0.25) is 0 Å². The third kappa shape index (κ3) is 4.26. The highest BCUT2D eigenvalue weighted by Gasteiger charge is 2.13. The molecule has 0 aromatic carbocycles. The Balaban J connectivity index is 1.68. The van der Waals surface area contributed by atoms with Gasteiger partial charge >= 0.3 is 0 Å². The van der Waals surface area contributed by atoms with Gasteiger partial charge in [-0.2, -0.15) is 0 Å². The van der Waals surface area contributed by atoms with E-state index in [1.54, 1.807) is 0 Å². The summed E-state index contributed by atoms with van der Waals surface area (Å²) in [7, 11) is 0. The van der Waals surface area contributed by atoms with Crippen LogP contribution < -0.4 is 5.32 Å². The first-order chi connectivity index (χ1) is 8.74. The van der Waals surface area contributed by atoms with E-state index in [0.717, 1.165) is 24.5 Å². The Morgan fingerprint density at radius 3 is 2.50 bits per heavy atom. The van der Waals surface area contributed by atoms with Gasteiger partial charge in [0.15, 0.2) is 0 Å². The Kier molecular flexibility index (Phi) is 4.93. The predicted octanol–water partition coefficient (Wildman–Crippen LogP) is 2.85. The summed E-state index contributed by atoms with van der Waals surface area (Å²) >= 11 is 0. The van der Waals surface area contributed by atoms with Crippen molar-refractivity contribution in [2.24, 2.45) is 0 Å². The van der Waals surface area contributed by atoms with Crippen molar-refractivity contribution in [3.8, 4) is 0 Å². The van der Waals surface area contributed by atoms with Crippen LogP contribution in [-0.4, -0.2) is 29.2 Å². The number of nitrogens with zero attached hydrogens (tertiary/aromatic N) is 2. The zero-order chi connectivity index (χ0) is 12.8. The molecule has 1 aliphatic rings. The smallest absolute Gasteiger partial charge is 0.223 e. The summed E-state index contributed by atoms with van der Waals surface area (Å²) in [6.45, 7) is 5.48. The van der Waals surface area contributed by atoms with Crippen LogP contribution in [0.5, 0.6) is 0 Å². The molecule has 1 heterocycles. The van der Waals surface area contributed by atoms with Crippen molar-refractivity contribution in [2.45, 2.75) is 52.1 Å². The molecule has 0 saturated heterocycles. The van der Waals surface area contributed by atoms with E-state index in [-0.39, 0.29) is 0 Å². The lowest BCUT2D eigenvalue weighted by atomic mass is 9.98. The van der Waals surface area contributed by atoms with Crippen molar-refractivity contribution in [1.29, 1.82) is 0 Å². The fraction of sp³-hybridized carbons (Fsp3) is 0.714. The van der Waals surface area contributed by atoms with Gasteiger partial charge in [0.05, 0.1) is 12.7 Å². The average Bonchev–Trinajstić information content (AvgIpc) is 2.35. The molecule has 1 aromatic rings. The van der Waals surface area contributed by atoms with E-state index in [4.69, 9.17) is 4.74 Å². The summed E-state index contributed by atoms with van der Waals surface area (Å²) in [5.41, 5.74) is 2.00. The van der Waals surface area contributed by atoms with Gasteiger partial charge in [0.25, 0.3) is 0 Å². The largest absolute Gasteiger partial charge is 0.376 e. The van der Waals surface area contributed by atoms with Crippen molar-refractivity contribution < 1.29 is 4.74 Å². The number of aryl methyl sites for hydroxylation is 2. The molecule has 0 radical (unpaired) electrons. The van der Waals surface area contributed by atoms with E-state index in [9.17, 15) is 0 Å². The second-order valence-electron chi connectivity index (χ2n) is 5.03. The monoisotopic (exact) mass is 249 g/mol. The van der Waals surface area contributed by atoms with Crippen LogP contribution in [0.25, 0.3) is 0 Å². The second kappa shape index (κ2) is 6.69. The van der Waals surface area contributed by atoms with Crippen molar-refractivity contribution in [1.82, 2.24) is 9.97 Å². The first kappa shape index (κ1) is 13.3. The fourth-order valence-corrected chi connectivity index (χ4v) is 2.43. The second-order valence-corrected chi connectivity index (χ2v) is 5.03. The maximum absolute atomic E-state index is 5.85. The van der Waals surface area contributed by atoms with Gasteiger partial charge in [0.2, 0.25) is 5.95 Å². The van der Waals surface area contributed by atoms with E-state index in [2.05, 4.69) is 15.3 Å². The van der Waals surface area contributed by atoms with E-state index < -0.39 is 0 Å². The highest BCUT2D eigenvalue weighted by Crippen LogP contribution is 2.19. The van der Waals surface area contributed by atoms with Crippen LogP contribution in [-0.2, 0) is 4.74 Å². The summed E-state index contributed by atoms with van der Waals surface area (Å²) in [4.78, 5) is 8.68. The Morgan fingerprint density at radius 2 is 1.83 bits per heavy atom. The van der Waals surface area contributed by atoms with Crippen LogP contribution in [0, 0.1) is 13.8 Å². The molecule has 1 saturated carbocycles. The fourth-order valence-electron chi connectivity index (χ4n) is 2.43. The molecular formula is C14H23N3O. The SMILES string of the molecule is Cc1cc(C)nc(NCCOC2CCCCC2)n1. The molecule has 0 aliphatic heterocycles. The van der Waals surface area contributed by atoms with Crippen molar-refractivity contribution >= 4 is 5.95 Å². The number of aromatic nitrogens is 2. The molecule has 100 valence electrons. The number of rotatable bonds is 5. The first-order valence-corrected chi connectivity index (χ1v) is 6.92. The molecule has 1 aliphatic carbocycles. The first-order valence-electron chi connectivity index (χ1n) is 6.92. The van der Waals surface area contributed by atoms with Crippen LogP contribution in [0.15, 0.2) is 6.07 Å². The Bertz CT molecular complexity index is 355. The van der Waals surface area contributed by atoms with Gasteiger partial charge in [0, 0.05) is 17.9 Å². The predicted molar refractivity (Wildman–Crippen MR) is 72.8 cm³/mol. The Morgan fingerprint density at radius 1 is 1.17 bits per heavy atom. The zero-order valence-electron chi connectivity index (χ0n) is 11.4. The summed E-state index contributed by atoms with van der Waals surface area (Å²) < 4.78 is 5.85. The Labute approximate surface area is 109 Å². The van der Waals surface area contributed by atoms with Crippen LogP contribution in [0.3, 0.4) is 0 Å². The minimum Gasteiger partial charge on any atom is -0.376 e. The molecule has 0 unspecified atom stereocenters. The van der Waals surface area contributed by atoms with Crippen molar-refractivity contribution in [2.75, 3.05) is 18.5 Å². The van der Waals surface area contributed by atoms with Gasteiger partial charge in [-0.05, 0) is 32.8 Å². The van der Waals surface area contributed by atoms with E-state index >= 15 is 0 Å². The highest BCUT2D eigenvalue weighted by molar-refractivity contribution is 5.27. The summed E-state index contributed by atoms with van der Waals surface area (Å²) in [6.07, 6.45) is 6.92. The topological polar surface area (TPSA) is 47.0 Å². The van der Waals surface area contributed by atoms with Crippen LogP contribution in [0.1, 0.15) is 43.5 Å². The molecule has 1 N–H and O–H groups in total. The molecule has 0 bridgehead atoms. The molecule has 0 atom stereocenters. The zero-order valence-corrected chi connectivity index (χ0v) is 11.4. The van der Waals surface area contributed by atoms with Gasteiger partial charge in [-0.3, -0.25) is 0 Å². The number of ether oxygens (including phenoxy) is 1. The van der Waals surface area contributed by atoms with E-state index in [1.807, 2.05) is 19.9 Å². The van der Waals surface area contributed by atoms with Crippen molar-refractivity contribution in [3.05, 3.63) is 17.5 Å². The minimum absolute atomic E-state index is 0.473. The number of anilines is 1. The molecule has 1 fully saturated rings. The maximum Gasteiger partial charge on any atom is 0.223 e. The molecule has 2 rings (SSSR count). The lowest BCUT2D eigenvalue weighted by molar-refractivity contribution is 0.0347. The standard InChI is InChI=1S/C14H23N3O/c1-11-10-12(2)17-14(16-11)15-8-9-18-13-6-4-3-5-7-13/h10,13H,3-9H2,1-2H3,(H,15,16,17). The third-order valence-corrected chi connectivity index (χ3v) is 3.27. The minimum atomic E-state index is 0.473. The number of nitrogens with one attached hydrogen (secondary N) is 1. The molecule has 1 aromatic heterocycles. The summed E-state index contributed by atoms with van der Waals surface area (Å²) in [5, 5.41) is 3.22. The lowest BCUT2D eigenvalue weighted by Gasteiger charge is -2.22. The number of hydrogen-bond donors (Lipinski definition) is 1. The quantitative estimate of drug-likeness (QED) is 0.815. The van der Waals surface area contributed by atoms with Gasteiger partial charge in [-0.25, -0.2) is 9.97 Å².